The molecule has 0 bridgehead atoms. The van der Waals surface area contributed by atoms with Crippen molar-refractivity contribution in [2.45, 2.75) is 40.9 Å². The van der Waals surface area contributed by atoms with Gasteiger partial charge >= 0.3 is 0 Å². The molecule has 2 heterocycles. The van der Waals surface area contributed by atoms with Gasteiger partial charge in [-0.05, 0) is 56.2 Å². The molecule has 7 nitrogen and oxygen atoms in total. The topological polar surface area (TPSA) is 98.5 Å². The van der Waals surface area contributed by atoms with Crippen LogP contribution in [-0.2, 0) is 19.4 Å². The maximum Gasteiger partial charge on any atom is 0.230 e. The lowest BCUT2D eigenvalue weighted by Gasteiger charge is -2.10. The molecule has 1 aliphatic heterocycles. The van der Waals surface area contributed by atoms with Gasteiger partial charge in [0.1, 0.15) is 5.82 Å². The van der Waals surface area contributed by atoms with Crippen molar-refractivity contribution < 1.29 is 26.8 Å². The number of sulfone groups is 1. The van der Waals surface area contributed by atoms with Crippen LogP contribution in [0.15, 0.2) is 68.0 Å². The first kappa shape index (κ1) is 23.5. The Labute approximate surface area is 195 Å². The Bertz CT molecular complexity index is 1220. The minimum Gasteiger partial charge on any atom is -0.428 e. The Morgan fingerprint density at radius 2 is 1.91 bits per heavy atom. The van der Waals surface area contributed by atoms with Crippen molar-refractivity contribution in [3.63, 3.8) is 0 Å². The minimum atomic E-state index is -4.01. The number of thioether (sulfide) groups is 1. The fourth-order valence-electron chi connectivity index (χ4n) is 3.31. The van der Waals surface area contributed by atoms with E-state index < -0.39 is 15.7 Å². The predicted octanol–water partition coefficient (Wildman–Crippen LogP) is 4.01. The van der Waals surface area contributed by atoms with Crippen LogP contribution < -0.4 is 5.32 Å². The third-order valence-corrected chi connectivity index (χ3v) is 7.88. The molecule has 1 aromatic heterocycles. The van der Waals surface area contributed by atoms with Gasteiger partial charge in [-0.15, -0.1) is 0 Å². The van der Waals surface area contributed by atoms with E-state index in [4.69, 9.17) is 9.15 Å². The Balaban J connectivity index is 1.59. The van der Waals surface area contributed by atoms with Crippen molar-refractivity contribution in [3.8, 4) is 11.5 Å². The lowest BCUT2D eigenvalue weighted by Crippen LogP contribution is -2.32. The summed E-state index contributed by atoms with van der Waals surface area (Å²) >= 11 is 0.946. The predicted molar refractivity (Wildman–Crippen MR) is 121 cm³/mol. The SMILES string of the molecule is Cc1ccc(S(=O)(=O)c2nc(-c3ccc(F)cc3)oc2SCC(=O)NC[C@H]2CCCO2)cc1. The van der Waals surface area contributed by atoms with Crippen molar-refractivity contribution in [1.29, 1.82) is 0 Å². The largest absolute Gasteiger partial charge is 0.428 e. The van der Waals surface area contributed by atoms with E-state index in [9.17, 15) is 17.6 Å². The molecule has 1 fully saturated rings. The van der Waals surface area contributed by atoms with Crippen molar-refractivity contribution in [1.82, 2.24) is 10.3 Å². The molecule has 1 aliphatic rings. The summed E-state index contributed by atoms with van der Waals surface area (Å²) in [4.78, 5) is 16.6. The molecule has 1 atom stereocenters. The second-order valence-electron chi connectivity index (χ2n) is 7.66. The van der Waals surface area contributed by atoms with E-state index in [1.165, 1.54) is 36.4 Å². The smallest absolute Gasteiger partial charge is 0.230 e. The van der Waals surface area contributed by atoms with Gasteiger partial charge in [0, 0.05) is 18.7 Å². The van der Waals surface area contributed by atoms with Crippen LogP contribution in [0.4, 0.5) is 4.39 Å². The van der Waals surface area contributed by atoms with Crippen molar-refractivity contribution in [3.05, 3.63) is 59.9 Å². The first-order valence-corrected chi connectivity index (χ1v) is 12.9. The number of amides is 1. The van der Waals surface area contributed by atoms with Gasteiger partial charge in [-0.2, -0.15) is 4.98 Å². The zero-order valence-electron chi connectivity index (χ0n) is 17.9. The molecule has 0 aliphatic carbocycles. The summed E-state index contributed by atoms with van der Waals surface area (Å²) in [6.07, 6.45) is 1.88. The molecule has 0 unspecified atom stereocenters. The van der Waals surface area contributed by atoms with E-state index in [1.807, 2.05) is 6.92 Å². The van der Waals surface area contributed by atoms with Crippen molar-refractivity contribution >= 4 is 27.5 Å². The Kier molecular flexibility index (Phi) is 7.16. The molecule has 1 N–H and O–H groups in total. The lowest BCUT2D eigenvalue weighted by atomic mass is 10.2. The fourth-order valence-corrected chi connectivity index (χ4v) is 5.67. The molecule has 174 valence electrons. The summed E-state index contributed by atoms with van der Waals surface area (Å²) in [5, 5.41) is 2.52. The number of oxazole rings is 1. The molecular weight excluding hydrogens is 467 g/mol. The number of nitrogens with one attached hydrogen (secondary N) is 1. The third-order valence-electron chi connectivity index (χ3n) is 5.13. The number of carbonyl (C=O) groups excluding carboxylic acids is 1. The average Bonchev–Trinajstić information content (AvgIpc) is 3.47. The average molecular weight is 491 g/mol. The standard InChI is InChI=1S/C23H23FN2O5S2/c1-15-4-10-19(11-5-15)33(28,29)22-23(31-21(26-22)16-6-8-17(24)9-7-16)32-14-20(27)25-13-18-3-2-12-30-18/h4-11,18H,2-3,12-14H2,1H3,(H,25,27)/t18-/m1/s1. The van der Waals surface area contributed by atoms with Crippen molar-refractivity contribution in [2.24, 2.45) is 0 Å². The van der Waals surface area contributed by atoms with Gasteiger partial charge in [-0.25, -0.2) is 12.8 Å². The molecule has 4 rings (SSSR count). The Hall–Kier alpha value is -2.69. The number of carbonyl (C=O) groups is 1. The molecule has 1 amide bonds. The molecule has 1 saturated heterocycles. The van der Waals surface area contributed by atoms with Gasteiger partial charge in [0.15, 0.2) is 0 Å². The van der Waals surface area contributed by atoms with Gasteiger partial charge < -0.3 is 14.5 Å². The molecule has 2 aromatic carbocycles. The minimum absolute atomic E-state index is 0.00201. The number of aryl methyl sites for hydroxylation is 1. The summed E-state index contributed by atoms with van der Waals surface area (Å²) < 4.78 is 51.2. The molecule has 0 spiro atoms. The fraction of sp³-hybridized carbons (Fsp3) is 0.304. The summed E-state index contributed by atoms with van der Waals surface area (Å²) in [7, 11) is -4.01. The maximum atomic E-state index is 13.3. The second kappa shape index (κ2) is 10.1. The van der Waals surface area contributed by atoms with Crippen LogP contribution in [0.1, 0.15) is 18.4 Å². The molecule has 0 radical (unpaired) electrons. The highest BCUT2D eigenvalue weighted by Gasteiger charge is 2.29. The molecule has 0 saturated carbocycles. The molecule has 10 heteroatoms. The zero-order chi connectivity index (χ0) is 23.4. The monoisotopic (exact) mass is 490 g/mol. The van der Waals surface area contributed by atoms with Gasteiger partial charge in [0.25, 0.3) is 0 Å². The number of benzene rings is 2. The van der Waals surface area contributed by atoms with E-state index in [2.05, 4.69) is 10.3 Å². The van der Waals surface area contributed by atoms with E-state index in [1.54, 1.807) is 12.1 Å². The number of aromatic nitrogens is 1. The van der Waals surface area contributed by atoms with Gasteiger partial charge in [-0.3, -0.25) is 4.79 Å². The van der Waals surface area contributed by atoms with E-state index >= 15 is 0 Å². The number of nitrogens with zero attached hydrogens (tertiary/aromatic N) is 1. The summed E-state index contributed by atoms with van der Waals surface area (Å²) in [5.74, 6) is -0.728. The first-order chi connectivity index (χ1) is 15.8. The highest BCUT2D eigenvalue weighted by molar-refractivity contribution is 8.00. The van der Waals surface area contributed by atoms with Crippen LogP contribution in [0.5, 0.6) is 0 Å². The summed E-state index contributed by atoms with van der Waals surface area (Å²) in [6.45, 7) is 2.96. The molecule has 3 aromatic rings. The lowest BCUT2D eigenvalue weighted by molar-refractivity contribution is -0.119. The van der Waals surface area contributed by atoms with Gasteiger partial charge in [-0.1, -0.05) is 29.5 Å². The number of rotatable bonds is 8. The summed E-state index contributed by atoms with van der Waals surface area (Å²) in [6, 6.07) is 11.8. The van der Waals surface area contributed by atoms with Crippen LogP contribution in [0.2, 0.25) is 0 Å². The molecule has 33 heavy (non-hydrogen) atoms. The van der Waals surface area contributed by atoms with E-state index in [0.29, 0.717) is 18.7 Å². The van der Waals surface area contributed by atoms with Crippen LogP contribution in [0.3, 0.4) is 0 Å². The number of halogens is 1. The molecular formula is C23H23FN2O5S2. The Morgan fingerprint density at radius 1 is 1.18 bits per heavy atom. The number of hydrogen-bond donors (Lipinski definition) is 1. The quantitative estimate of drug-likeness (QED) is 0.477. The number of ether oxygens (including phenoxy) is 1. The highest BCUT2D eigenvalue weighted by Crippen LogP contribution is 2.35. The van der Waals surface area contributed by atoms with Crippen LogP contribution in [0.25, 0.3) is 11.5 Å². The van der Waals surface area contributed by atoms with E-state index in [0.717, 1.165) is 30.2 Å². The van der Waals surface area contributed by atoms with Crippen LogP contribution >= 0.6 is 11.8 Å². The maximum absolute atomic E-state index is 13.3. The van der Waals surface area contributed by atoms with Gasteiger partial charge in [0.05, 0.1) is 16.8 Å². The zero-order valence-corrected chi connectivity index (χ0v) is 19.5. The highest BCUT2D eigenvalue weighted by atomic mass is 32.2. The van der Waals surface area contributed by atoms with Crippen LogP contribution in [-0.4, -0.2) is 44.3 Å². The van der Waals surface area contributed by atoms with Gasteiger partial charge in [0.2, 0.25) is 31.8 Å². The van der Waals surface area contributed by atoms with E-state index in [-0.39, 0.29) is 38.7 Å². The first-order valence-electron chi connectivity index (χ1n) is 10.4. The Morgan fingerprint density at radius 3 is 2.58 bits per heavy atom. The van der Waals surface area contributed by atoms with Crippen molar-refractivity contribution in [2.75, 3.05) is 18.9 Å². The normalized spacial score (nSPS) is 16.1. The third kappa shape index (κ3) is 5.63. The summed E-state index contributed by atoms with van der Waals surface area (Å²) in [5.41, 5.74) is 1.34. The number of hydrogen-bond acceptors (Lipinski definition) is 7. The second-order valence-corrected chi connectivity index (χ2v) is 10.5. The van der Waals surface area contributed by atoms with Crippen LogP contribution in [0, 0.1) is 12.7 Å².